The van der Waals surface area contributed by atoms with Crippen LogP contribution in [0.25, 0.3) is 0 Å². The first kappa shape index (κ1) is 15.5. The van der Waals surface area contributed by atoms with Crippen molar-refractivity contribution in [2.24, 2.45) is 12.5 Å². The van der Waals surface area contributed by atoms with Crippen LogP contribution in [0, 0.1) is 5.41 Å². The summed E-state index contributed by atoms with van der Waals surface area (Å²) in [6.07, 6.45) is 8.06. The van der Waals surface area contributed by atoms with Crippen LogP contribution in [-0.2, 0) is 18.3 Å². The summed E-state index contributed by atoms with van der Waals surface area (Å²) in [5.41, 5.74) is 0.961. The zero-order chi connectivity index (χ0) is 15.6. The zero-order valence-corrected chi connectivity index (χ0v) is 13.3. The van der Waals surface area contributed by atoms with E-state index in [2.05, 4.69) is 10.4 Å². The summed E-state index contributed by atoms with van der Waals surface area (Å²) in [7, 11) is 1.89. The molecular formula is C16H26N4O2. The van der Waals surface area contributed by atoms with E-state index in [0.29, 0.717) is 19.0 Å². The van der Waals surface area contributed by atoms with Crippen LogP contribution >= 0.6 is 0 Å². The molecule has 2 N–H and O–H groups in total. The number of nitrogens with zero attached hydrogens (tertiary/aromatic N) is 3. The molecule has 3 rings (SSSR count). The van der Waals surface area contributed by atoms with Gasteiger partial charge < -0.3 is 15.3 Å². The molecule has 0 radical (unpaired) electrons. The zero-order valence-electron chi connectivity index (χ0n) is 13.3. The summed E-state index contributed by atoms with van der Waals surface area (Å²) in [6.45, 7) is 2.68. The van der Waals surface area contributed by atoms with Gasteiger partial charge in [-0.2, -0.15) is 5.10 Å². The average Bonchev–Trinajstić information content (AvgIpc) is 2.97. The summed E-state index contributed by atoms with van der Waals surface area (Å²) in [5.74, 6) is 0.195. The second kappa shape index (κ2) is 6.38. The van der Waals surface area contributed by atoms with Crippen molar-refractivity contribution < 1.29 is 9.90 Å². The number of nitrogens with one attached hydrogen (secondary N) is 1. The van der Waals surface area contributed by atoms with Gasteiger partial charge in [0, 0.05) is 44.2 Å². The second-order valence-electron chi connectivity index (χ2n) is 6.76. The lowest BCUT2D eigenvalue weighted by atomic mass is 9.70. The smallest absolute Gasteiger partial charge is 0.222 e. The minimum Gasteiger partial charge on any atom is -0.396 e. The molecule has 22 heavy (non-hydrogen) atoms. The fourth-order valence-electron chi connectivity index (χ4n) is 3.91. The van der Waals surface area contributed by atoms with E-state index in [1.807, 2.05) is 24.3 Å². The first-order chi connectivity index (χ1) is 10.6. The molecule has 2 atom stereocenters. The minimum atomic E-state index is -0.138. The third kappa shape index (κ3) is 3.03. The van der Waals surface area contributed by atoms with E-state index in [1.165, 1.54) is 0 Å². The molecule has 2 aliphatic heterocycles. The molecule has 0 unspecified atom stereocenters. The van der Waals surface area contributed by atoms with E-state index in [1.54, 1.807) is 4.68 Å². The molecule has 0 aliphatic carbocycles. The normalized spacial score (nSPS) is 28.5. The van der Waals surface area contributed by atoms with Crippen molar-refractivity contribution in [3.63, 3.8) is 0 Å². The van der Waals surface area contributed by atoms with Crippen molar-refractivity contribution in [2.75, 3.05) is 26.2 Å². The molecule has 6 nitrogen and oxygen atoms in total. The van der Waals surface area contributed by atoms with Crippen molar-refractivity contribution >= 4 is 5.91 Å². The summed E-state index contributed by atoms with van der Waals surface area (Å²) >= 11 is 0. The Morgan fingerprint density at radius 1 is 1.59 bits per heavy atom. The summed E-state index contributed by atoms with van der Waals surface area (Å²) < 4.78 is 1.76. The average molecular weight is 306 g/mol. The Kier molecular flexibility index (Phi) is 4.49. The largest absolute Gasteiger partial charge is 0.396 e. The van der Waals surface area contributed by atoms with Gasteiger partial charge in [0.25, 0.3) is 0 Å². The van der Waals surface area contributed by atoms with Crippen molar-refractivity contribution in [3.05, 3.63) is 18.0 Å². The number of aliphatic hydroxyl groups is 1. The number of aliphatic hydroxyl groups excluding tert-OH is 1. The van der Waals surface area contributed by atoms with Gasteiger partial charge in [-0.15, -0.1) is 0 Å². The minimum absolute atomic E-state index is 0.138. The Bertz CT molecular complexity index is 530. The molecule has 1 amide bonds. The number of aromatic nitrogens is 2. The van der Waals surface area contributed by atoms with Crippen LogP contribution in [0.5, 0.6) is 0 Å². The molecule has 1 aromatic rings. The highest BCUT2D eigenvalue weighted by atomic mass is 16.3. The molecule has 0 spiro atoms. The molecule has 122 valence electrons. The van der Waals surface area contributed by atoms with Gasteiger partial charge in [-0.1, -0.05) is 0 Å². The fourth-order valence-corrected chi connectivity index (χ4v) is 3.91. The van der Waals surface area contributed by atoms with Gasteiger partial charge >= 0.3 is 0 Å². The number of piperidine rings is 2. The number of fused-ring (bicyclic) bond motifs is 1. The number of likely N-dealkylation sites (tertiary alicyclic amines) is 1. The van der Waals surface area contributed by atoms with E-state index < -0.39 is 0 Å². The number of aryl methyl sites for hydroxylation is 2. The van der Waals surface area contributed by atoms with Crippen molar-refractivity contribution in [1.29, 1.82) is 0 Å². The number of carbonyl (C=O) groups excluding carboxylic acids is 1. The molecule has 2 saturated heterocycles. The first-order valence-corrected chi connectivity index (χ1v) is 8.22. The maximum absolute atomic E-state index is 12.5. The Hall–Kier alpha value is -1.40. The SMILES string of the molecule is Cn1cc(CCC(=O)N2CC[C@H]3NCCC[C@]3(CO)C2)cn1. The first-order valence-electron chi connectivity index (χ1n) is 8.22. The van der Waals surface area contributed by atoms with Gasteiger partial charge in [0.1, 0.15) is 0 Å². The Morgan fingerprint density at radius 2 is 2.45 bits per heavy atom. The molecule has 6 heteroatoms. The third-order valence-electron chi connectivity index (χ3n) is 5.23. The molecule has 0 aromatic carbocycles. The molecular weight excluding hydrogens is 280 g/mol. The van der Waals surface area contributed by atoms with Gasteiger partial charge in [0.15, 0.2) is 0 Å². The topological polar surface area (TPSA) is 70.4 Å². The van der Waals surface area contributed by atoms with Crippen molar-refractivity contribution in [3.8, 4) is 0 Å². The highest BCUT2D eigenvalue weighted by Crippen LogP contribution is 2.37. The Morgan fingerprint density at radius 3 is 3.18 bits per heavy atom. The maximum atomic E-state index is 12.5. The van der Waals surface area contributed by atoms with Gasteiger partial charge in [-0.05, 0) is 37.8 Å². The second-order valence-corrected chi connectivity index (χ2v) is 6.76. The Balaban J connectivity index is 1.59. The highest BCUT2D eigenvalue weighted by molar-refractivity contribution is 5.76. The van der Waals surface area contributed by atoms with Gasteiger partial charge in [-0.25, -0.2) is 0 Å². The summed E-state index contributed by atoms with van der Waals surface area (Å²) in [6, 6.07) is 0.355. The lowest BCUT2D eigenvalue weighted by Gasteiger charge is -2.50. The van der Waals surface area contributed by atoms with Crippen LogP contribution in [0.3, 0.4) is 0 Å². The number of hydrogen-bond donors (Lipinski definition) is 2. The molecule has 1 aromatic heterocycles. The fraction of sp³-hybridized carbons (Fsp3) is 0.750. The van der Waals surface area contributed by atoms with Crippen molar-refractivity contribution in [1.82, 2.24) is 20.0 Å². The van der Waals surface area contributed by atoms with E-state index in [-0.39, 0.29) is 17.9 Å². The van der Waals surface area contributed by atoms with Crippen LogP contribution in [-0.4, -0.2) is 58.0 Å². The standard InChI is InChI=1S/C16H26N4O2/c1-19-10-13(9-18-19)3-4-15(22)20-8-5-14-16(11-20,12-21)6-2-7-17-14/h9-10,14,17,21H,2-8,11-12H2,1H3/t14-,16-/m1/s1. The van der Waals surface area contributed by atoms with E-state index in [0.717, 1.165) is 44.3 Å². The predicted octanol–water partition coefficient (Wildman–Crippen LogP) is 0.316. The number of carbonyl (C=O) groups is 1. The van der Waals surface area contributed by atoms with Crippen LogP contribution in [0.15, 0.2) is 12.4 Å². The maximum Gasteiger partial charge on any atom is 0.222 e. The van der Waals surface area contributed by atoms with Crippen LogP contribution < -0.4 is 5.32 Å². The van der Waals surface area contributed by atoms with Gasteiger partial charge in [-0.3, -0.25) is 9.48 Å². The number of rotatable bonds is 4. The summed E-state index contributed by atoms with van der Waals surface area (Å²) in [5, 5.41) is 17.6. The van der Waals surface area contributed by atoms with E-state index in [9.17, 15) is 9.90 Å². The number of amides is 1. The molecule has 2 fully saturated rings. The molecule has 0 saturated carbocycles. The predicted molar refractivity (Wildman–Crippen MR) is 83.3 cm³/mol. The quantitative estimate of drug-likeness (QED) is 0.840. The molecule has 3 heterocycles. The third-order valence-corrected chi connectivity index (χ3v) is 5.23. The van der Waals surface area contributed by atoms with Crippen LogP contribution in [0.4, 0.5) is 0 Å². The van der Waals surface area contributed by atoms with E-state index in [4.69, 9.17) is 0 Å². The van der Waals surface area contributed by atoms with Gasteiger partial charge in [0.05, 0.1) is 12.8 Å². The Labute approximate surface area is 131 Å². The lowest BCUT2D eigenvalue weighted by Crippen LogP contribution is -2.62. The summed E-state index contributed by atoms with van der Waals surface area (Å²) in [4.78, 5) is 14.5. The highest BCUT2D eigenvalue weighted by Gasteiger charge is 2.45. The van der Waals surface area contributed by atoms with E-state index >= 15 is 0 Å². The monoisotopic (exact) mass is 306 g/mol. The molecule has 0 bridgehead atoms. The molecule has 2 aliphatic rings. The number of hydrogen-bond acceptors (Lipinski definition) is 4. The van der Waals surface area contributed by atoms with Gasteiger partial charge in [0.2, 0.25) is 5.91 Å². The van der Waals surface area contributed by atoms with Crippen LogP contribution in [0.1, 0.15) is 31.2 Å². The van der Waals surface area contributed by atoms with Crippen LogP contribution in [0.2, 0.25) is 0 Å². The lowest BCUT2D eigenvalue weighted by molar-refractivity contribution is -0.137. The van der Waals surface area contributed by atoms with Crippen molar-refractivity contribution in [2.45, 2.75) is 38.1 Å².